The number of amides is 1. The molecule has 0 saturated carbocycles. The number of nitrogens with one attached hydrogen (secondary N) is 1. The van der Waals surface area contributed by atoms with Crippen molar-refractivity contribution in [3.8, 4) is 0 Å². The SMILES string of the molecule is Cc1cc(C(=O)NCC(C)c2ccc(F)cc2)c2c(C)nn(C)c2n1. The van der Waals surface area contributed by atoms with Gasteiger partial charge in [-0.3, -0.25) is 9.48 Å². The third-order valence-electron chi connectivity index (χ3n) is 4.35. The summed E-state index contributed by atoms with van der Waals surface area (Å²) in [4.78, 5) is 17.2. The fourth-order valence-electron chi connectivity index (χ4n) is 3.00. The van der Waals surface area contributed by atoms with E-state index in [0.717, 1.165) is 22.3 Å². The fraction of sp³-hybridized carbons (Fsp3) is 0.316. The molecule has 1 amide bonds. The minimum atomic E-state index is -0.262. The van der Waals surface area contributed by atoms with Gasteiger partial charge in [-0.05, 0) is 43.5 Å². The third kappa shape index (κ3) is 3.38. The fourth-order valence-corrected chi connectivity index (χ4v) is 3.00. The first kappa shape index (κ1) is 17.1. The molecule has 2 heterocycles. The van der Waals surface area contributed by atoms with Gasteiger partial charge in [0.05, 0.1) is 16.6 Å². The van der Waals surface area contributed by atoms with Crippen LogP contribution in [0.2, 0.25) is 0 Å². The maximum absolute atomic E-state index is 13.0. The number of nitrogens with zero attached hydrogens (tertiary/aromatic N) is 3. The standard InChI is InChI=1S/C19H21FN4O/c1-11(14-5-7-15(20)8-6-14)10-21-19(25)16-9-12(2)22-18-17(16)13(3)23-24(18)4/h5-9,11H,10H2,1-4H3,(H,21,25). The van der Waals surface area contributed by atoms with Crippen molar-refractivity contribution in [2.45, 2.75) is 26.7 Å². The molecule has 1 atom stereocenters. The van der Waals surface area contributed by atoms with Gasteiger partial charge in [-0.25, -0.2) is 9.37 Å². The summed E-state index contributed by atoms with van der Waals surface area (Å²) in [6.45, 7) is 6.19. The Kier molecular flexibility index (Phi) is 4.53. The van der Waals surface area contributed by atoms with Crippen LogP contribution >= 0.6 is 0 Å². The van der Waals surface area contributed by atoms with Crippen molar-refractivity contribution in [2.24, 2.45) is 7.05 Å². The highest BCUT2D eigenvalue weighted by molar-refractivity contribution is 6.06. The zero-order chi connectivity index (χ0) is 18.1. The quantitative estimate of drug-likeness (QED) is 0.793. The van der Waals surface area contributed by atoms with Crippen LogP contribution in [0, 0.1) is 19.7 Å². The third-order valence-corrected chi connectivity index (χ3v) is 4.35. The van der Waals surface area contributed by atoms with E-state index in [0.29, 0.717) is 17.8 Å². The Hall–Kier alpha value is -2.76. The van der Waals surface area contributed by atoms with Crippen molar-refractivity contribution in [1.82, 2.24) is 20.1 Å². The molecule has 130 valence electrons. The number of fused-ring (bicyclic) bond motifs is 1. The average molecular weight is 340 g/mol. The smallest absolute Gasteiger partial charge is 0.252 e. The van der Waals surface area contributed by atoms with E-state index in [9.17, 15) is 9.18 Å². The largest absolute Gasteiger partial charge is 0.351 e. The highest BCUT2D eigenvalue weighted by atomic mass is 19.1. The predicted molar refractivity (Wildman–Crippen MR) is 95.1 cm³/mol. The van der Waals surface area contributed by atoms with Crippen LogP contribution in [0.15, 0.2) is 30.3 Å². The second-order valence-electron chi connectivity index (χ2n) is 6.38. The first-order chi connectivity index (χ1) is 11.9. The molecule has 1 aromatic carbocycles. The summed E-state index contributed by atoms with van der Waals surface area (Å²) in [5.41, 5.74) is 3.82. The minimum absolute atomic E-state index is 0.0815. The molecule has 6 heteroatoms. The second-order valence-corrected chi connectivity index (χ2v) is 6.38. The van der Waals surface area contributed by atoms with E-state index in [4.69, 9.17) is 0 Å². The Bertz CT molecular complexity index is 931. The van der Waals surface area contributed by atoms with Crippen molar-refractivity contribution in [2.75, 3.05) is 6.54 Å². The van der Waals surface area contributed by atoms with Gasteiger partial charge < -0.3 is 5.32 Å². The van der Waals surface area contributed by atoms with Crippen LogP contribution in [0.25, 0.3) is 11.0 Å². The summed E-state index contributed by atoms with van der Waals surface area (Å²) in [6.07, 6.45) is 0. The molecule has 1 unspecified atom stereocenters. The Morgan fingerprint density at radius 3 is 2.64 bits per heavy atom. The zero-order valence-electron chi connectivity index (χ0n) is 14.8. The van der Waals surface area contributed by atoms with Crippen LogP contribution in [0.5, 0.6) is 0 Å². The van der Waals surface area contributed by atoms with Crippen LogP contribution in [0.4, 0.5) is 4.39 Å². The summed E-state index contributed by atoms with van der Waals surface area (Å²) < 4.78 is 14.7. The lowest BCUT2D eigenvalue weighted by molar-refractivity contribution is 0.0953. The maximum Gasteiger partial charge on any atom is 0.252 e. The van der Waals surface area contributed by atoms with E-state index in [1.54, 1.807) is 22.9 Å². The maximum atomic E-state index is 13.0. The van der Waals surface area contributed by atoms with E-state index < -0.39 is 0 Å². The molecule has 0 aliphatic rings. The van der Waals surface area contributed by atoms with Crippen molar-refractivity contribution in [3.63, 3.8) is 0 Å². The molecular weight excluding hydrogens is 319 g/mol. The molecule has 5 nitrogen and oxygen atoms in total. The van der Waals surface area contributed by atoms with Crippen LogP contribution in [0.3, 0.4) is 0 Å². The predicted octanol–water partition coefficient (Wildman–Crippen LogP) is 3.26. The Labute approximate surface area is 145 Å². The first-order valence-electron chi connectivity index (χ1n) is 8.21. The first-order valence-corrected chi connectivity index (χ1v) is 8.21. The molecule has 0 radical (unpaired) electrons. The molecule has 0 aliphatic heterocycles. The molecule has 1 N–H and O–H groups in total. The normalized spacial score (nSPS) is 12.4. The topological polar surface area (TPSA) is 59.8 Å². The van der Waals surface area contributed by atoms with Crippen molar-refractivity contribution >= 4 is 16.9 Å². The number of benzene rings is 1. The van der Waals surface area contributed by atoms with Crippen molar-refractivity contribution < 1.29 is 9.18 Å². The van der Waals surface area contributed by atoms with Crippen LogP contribution in [-0.4, -0.2) is 27.2 Å². The summed E-state index contributed by atoms with van der Waals surface area (Å²) in [5.74, 6) is -0.333. The second kappa shape index (κ2) is 6.63. The van der Waals surface area contributed by atoms with E-state index in [2.05, 4.69) is 15.4 Å². The van der Waals surface area contributed by atoms with Gasteiger partial charge in [0, 0.05) is 19.3 Å². The van der Waals surface area contributed by atoms with E-state index in [-0.39, 0.29) is 17.6 Å². The van der Waals surface area contributed by atoms with Gasteiger partial charge in [0.15, 0.2) is 5.65 Å². The van der Waals surface area contributed by atoms with E-state index in [1.165, 1.54) is 12.1 Å². The monoisotopic (exact) mass is 340 g/mol. The van der Waals surface area contributed by atoms with Gasteiger partial charge in [-0.1, -0.05) is 19.1 Å². The highest BCUT2D eigenvalue weighted by Gasteiger charge is 2.18. The summed E-state index contributed by atoms with van der Waals surface area (Å²) in [6, 6.07) is 8.14. The number of carbonyl (C=O) groups is 1. The molecule has 0 spiro atoms. The Morgan fingerprint density at radius 1 is 1.28 bits per heavy atom. The number of aryl methyl sites for hydroxylation is 3. The molecule has 2 aromatic heterocycles. The van der Waals surface area contributed by atoms with Gasteiger partial charge in [-0.15, -0.1) is 0 Å². The van der Waals surface area contributed by atoms with Crippen LogP contribution < -0.4 is 5.32 Å². The number of aromatic nitrogens is 3. The summed E-state index contributed by atoms with van der Waals surface area (Å²) in [7, 11) is 1.82. The number of hydrogen-bond acceptors (Lipinski definition) is 3. The van der Waals surface area contributed by atoms with Gasteiger partial charge in [0.25, 0.3) is 5.91 Å². The number of carbonyl (C=O) groups excluding carboxylic acids is 1. The number of halogens is 1. The molecule has 25 heavy (non-hydrogen) atoms. The lowest BCUT2D eigenvalue weighted by Crippen LogP contribution is -2.28. The Balaban J connectivity index is 1.82. The lowest BCUT2D eigenvalue weighted by atomic mass is 10.0. The Morgan fingerprint density at radius 2 is 1.96 bits per heavy atom. The van der Waals surface area contributed by atoms with Gasteiger partial charge in [0.1, 0.15) is 5.82 Å². The number of hydrogen-bond donors (Lipinski definition) is 1. The molecular formula is C19H21FN4O. The van der Waals surface area contributed by atoms with E-state index in [1.807, 2.05) is 27.8 Å². The van der Waals surface area contributed by atoms with Gasteiger partial charge in [0.2, 0.25) is 0 Å². The number of rotatable bonds is 4. The summed E-state index contributed by atoms with van der Waals surface area (Å²) in [5, 5.41) is 8.11. The molecule has 0 fully saturated rings. The molecule has 3 rings (SSSR count). The average Bonchev–Trinajstić information content (AvgIpc) is 2.86. The van der Waals surface area contributed by atoms with Crippen LogP contribution in [-0.2, 0) is 7.05 Å². The molecule has 0 aliphatic carbocycles. The lowest BCUT2D eigenvalue weighted by Gasteiger charge is -2.14. The molecule has 0 bridgehead atoms. The zero-order valence-corrected chi connectivity index (χ0v) is 14.8. The van der Waals surface area contributed by atoms with Crippen molar-refractivity contribution in [3.05, 3.63) is 58.7 Å². The van der Waals surface area contributed by atoms with Gasteiger partial charge in [-0.2, -0.15) is 5.10 Å². The molecule has 3 aromatic rings. The summed E-state index contributed by atoms with van der Waals surface area (Å²) >= 11 is 0. The van der Waals surface area contributed by atoms with Crippen LogP contribution in [0.1, 0.15) is 40.2 Å². The number of pyridine rings is 1. The highest BCUT2D eigenvalue weighted by Crippen LogP contribution is 2.22. The molecule has 0 saturated heterocycles. The minimum Gasteiger partial charge on any atom is -0.351 e. The van der Waals surface area contributed by atoms with Crippen molar-refractivity contribution in [1.29, 1.82) is 0 Å². The van der Waals surface area contributed by atoms with Gasteiger partial charge >= 0.3 is 0 Å². The van der Waals surface area contributed by atoms with E-state index >= 15 is 0 Å².